The molecule has 2 fully saturated rings. The molecule has 0 aliphatic carbocycles. The zero-order valence-electron chi connectivity index (χ0n) is 9.37. The van der Waals surface area contributed by atoms with Crippen LogP contribution in [0.5, 0.6) is 0 Å². The van der Waals surface area contributed by atoms with Gasteiger partial charge in [0.15, 0.2) is 10.3 Å². The minimum absolute atomic E-state index is 0.396. The maximum Gasteiger partial charge on any atom is 0.175 e. The molecule has 4 nitrogen and oxygen atoms in total. The van der Waals surface area contributed by atoms with Crippen LogP contribution in [0.25, 0.3) is 0 Å². The molecule has 1 N–H and O–H groups in total. The Balaban J connectivity index is 1.83. The summed E-state index contributed by atoms with van der Waals surface area (Å²) in [6.45, 7) is 3.13. The molecule has 0 aromatic carbocycles. The van der Waals surface area contributed by atoms with Crippen molar-refractivity contribution in [3.8, 4) is 0 Å². The van der Waals surface area contributed by atoms with Gasteiger partial charge in [-0.2, -0.15) is 0 Å². The number of hydrogen-bond acceptors (Lipinski definition) is 4. The standard InChI is InChI=1S/C11H14Cl2N4/c12-10-4-9(11(13)16-15-10)17-5-7-2-1-3-14-8(7)6-17/h4,7-8,14H,1-3,5-6H2. The van der Waals surface area contributed by atoms with Gasteiger partial charge in [0.25, 0.3) is 0 Å². The maximum atomic E-state index is 6.08. The molecule has 1 aromatic heterocycles. The molecular weight excluding hydrogens is 259 g/mol. The van der Waals surface area contributed by atoms with Crippen LogP contribution in [0, 0.1) is 5.92 Å². The Kier molecular flexibility index (Phi) is 3.11. The maximum absolute atomic E-state index is 6.08. The van der Waals surface area contributed by atoms with E-state index in [0.29, 0.717) is 22.3 Å². The first-order valence-electron chi connectivity index (χ1n) is 5.91. The van der Waals surface area contributed by atoms with Crippen LogP contribution in [0.15, 0.2) is 6.07 Å². The summed E-state index contributed by atoms with van der Waals surface area (Å²) in [7, 11) is 0. The van der Waals surface area contributed by atoms with E-state index in [4.69, 9.17) is 23.2 Å². The summed E-state index contributed by atoms with van der Waals surface area (Å²) in [5.74, 6) is 0.715. The van der Waals surface area contributed by atoms with Crippen LogP contribution in [-0.4, -0.2) is 35.9 Å². The zero-order valence-corrected chi connectivity index (χ0v) is 10.9. The van der Waals surface area contributed by atoms with Gasteiger partial charge < -0.3 is 10.2 Å². The Morgan fingerprint density at radius 3 is 3.00 bits per heavy atom. The topological polar surface area (TPSA) is 41.0 Å². The van der Waals surface area contributed by atoms with Crippen LogP contribution < -0.4 is 10.2 Å². The average Bonchev–Trinajstić information content (AvgIpc) is 2.75. The third-order valence-electron chi connectivity index (χ3n) is 3.64. The Morgan fingerprint density at radius 1 is 1.29 bits per heavy atom. The van der Waals surface area contributed by atoms with Crippen molar-refractivity contribution in [2.45, 2.75) is 18.9 Å². The number of anilines is 1. The molecule has 2 aliphatic heterocycles. The van der Waals surface area contributed by atoms with Gasteiger partial charge in [0.1, 0.15) is 0 Å². The number of rotatable bonds is 1. The van der Waals surface area contributed by atoms with Crippen LogP contribution in [0.1, 0.15) is 12.8 Å². The van der Waals surface area contributed by atoms with E-state index in [-0.39, 0.29) is 0 Å². The van der Waals surface area contributed by atoms with Gasteiger partial charge in [-0.1, -0.05) is 23.2 Å². The predicted molar refractivity (Wildman–Crippen MR) is 68.8 cm³/mol. The van der Waals surface area contributed by atoms with Gasteiger partial charge in [0, 0.05) is 25.2 Å². The van der Waals surface area contributed by atoms with Crippen LogP contribution in [-0.2, 0) is 0 Å². The van der Waals surface area contributed by atoms with E-state index in [1.165, 1.54) is 12.8 Å². The second-order valence-electron chi connectivity index (χ2n) is 4.71. The van der Waals surface area contributed by atoms with Gasteiger partial charge >= 0.3 is 0 Å². The molecule has 2 saturated heterocycles. The van der Waals surface area contributed by atoms with Crippen molar-refractivity contribution >= 4 is 28.9 Å². The van der Waals surface area contributed by atoms with Crippen molar-refractivity contribution in [1.82, 2.24) is 15.5 Å². The molecule has 17 heavy (non-hydrogen) atoms. The first-order chi connectivity index (χ1) is 8.24. The first kappa shape index (κ1) is 11.5. The molecule has 2 unspecified atom stereocenters. The van der Waals surface area contributed by atoms with Gasteiger partial charge in [-0.3, -0.25) is 0 Å². The van der Waals surface area contributed by atoms with Crippen LogP contribution >= 0.6 is 23.2 Å². The molecule has 2 aliphatic rings. The van der Waals surface area contributed by atoms with Crippen molar-refractivity contribution in [2.24, 2.45) is 5.92 Å². The van der Waals surface area contributed by atoms with Crippen molar-refractivity contribution < 1.29 is 0 Å². The number of halogens is 2. The van der Waals surface area contributed by atoms with Crippen molar-refractivity contribution in [3.05, 3.63) is 16.4 Å². The van der Waals surface area contributed by atoms with E-state index in [2.05, 4.69) is 20.4 Å². The van der Waals surface area contributed by atoms with Gasteiger partial charge in [-0.05, 0) is 25.3 Å². The molecular formula is C11H14Cl2N4. The van der Waals surface area contributed by atoms with Gasteiger partial charge in [0.2, 0.25) is 0 Å². The predicted octanol–water partition coefficient (Wildman–Crippen LogP) is 1.97. The van der Waals surface area contributed by atoms with E-state index >= 15 is 0 Å². The molecule has 3 heterocycles. The Morgan fingerprint density at radius 2 is 2.18 bits per heavy atom. The lowest BCUT2D eigenvalue weighted by Crippen LogP contribution is -2.40. The van der Waals surface area contributed by atoms with E-state index in [0.717, 1.165) is 25.3 Å². The average molecular weight is 273 g/mol. The summed E-state index contributed by atoms with van der Waals surface area (Å²) in [4.78, 5) is 2.26. The molecule has 1 aromatic rings. The normalized spacial score (nSPS) is 28.2. The number of nitrogens with zero attached hydrogens (tertiary/aromatic N) is 3. The lowest BCUT2D eigenvalue weighted by atomic mass is 9.94. The van der Waals surface area contributed by atoms with E-state index < -0.39 is 0 Å². The highest BCUT2D eigenvalue weighted by Crippen LogP contribution is 2.32. The highest BCUT2D eigenvalue weighted by atomic mass is 35.5. The van der Waals surface area contributed by atoms with Crippen LogP contribution in [0.3, 0.4) is 0 Å². The second-order valence-corrected chi connectivity index (χ2v) is 5.46. The second kappa shape index (κ2) is 4.59. The molecule has 0 spiro atoms. The van der Waals surface area contributed by atoms with E-state index in [1.54, 1.807) is 6.07 Å². The van der Waals surface area contributed by atoms with Crippen molar-refractivity contribution in [2.75, 3.05) is 24.5 Å². The van der Waals surface area contributed by atoms with Crippen LogP contribution in [0.4, 0.5) is 5.69 Å². The Hall–Kier alpha value is -0.580. The number of fused-ring (bicyclic) bond motifs is 1. The fourth-order valence-electron chi connectivity index (χ4n) is 2.81. The number of nitrogens with one attached hydrogen (secondary N) is 1. The third-order valence-corrected chi connectivity index (χ3v) is 4.09. The summed E-state index contributed by atoms with van der Waals surface area (Å²) >= 11 is 12.0. The number of piperidine rings is 1. The minimum atomic E-state index is 0.396. The fourth-order valence-corrected chi connectivity index (χ4v) is 3.16. The summed E-state index contributed by atoms with van der Waals surface area (Å²) < 4.78 is 0. The molecule has 2 atom stereocenters. The van der Waals surface area contributed by atoms with E-state index in [1.807, 2.05) is 0 Å². The molecule has 92 valence electrons. The first-order valence-corrected chi connectivity index (χ1v) is 6.66. The largest absolute Gasteiger partial charge is 0.367 e. The van der Waals surface area contributed by atoms with Gasteiger partial charge in [-0.15, -0.1) is 10.2 Å². The van der Waals surface area contributed by atoms with Crippen molar-refractivity contribution in [1.29, 1.82) is 0 Å². The molecule has 6 heteroatoms. The fraction of sp³-hybridized carbons (Fsp3) is 0.636. The highest BCUT2D eigenvalue weighted by Gasteiger charge is 2.35. The lowest BCUT2D eigenvalue weighted by Gasteiger charge is -2.24. The molecule has 0 amide bonds. The highest BCUT2D eigenvalue weighted by molar-refractivity contribution is 6.33. The Bertz CT molecular complexity index is 412. The zero-order chi connectivity index (χ0) is 11.8. The smallest absolute Gasteiger partial charge is 0.175 e. The van der Waals surface area contributed by atoms with Gasteiger partial charge in [-0.25, -0.2) is 0 Å². The Labute approximate surface area is 110 Å². The molecule has 0 saturated carbocycles. The quantitative estimate of drug-likeness (QED) is 0.849. The van der Waals surface area contributed by atoms with Gasteiger partial charge in [0.05, 0.1) is 5.69 Å². The van der Waals surface area contributed by atoms with E-state index in [9.17, 15) is 0 Å². The van der Waals surface area contributed by atoms with Crippen molar-refractivity contribution in [3.63, 3.8) is 0 Å². The number of aromatic nitrogens is 2. The minimum Gasteiger partial charge on any atom is -0.367 e. The molecule has 3 rings (SSSR count). The number of hydrogen-bond donors (Lipinski definition) is 1. The monoisotopic (exact) mass is 272 g/mol. The third kappa shape index (κ3) is 2.21. The summed E-state index contributed by atoms with van der Waals surface area (Å²) in [6.07, 6.45) is 2.55. The molecule has 0 bridgehead atoms. The summed E-state index contributed by atoms with van der Waals surface area (Å²) in [6, 6.07) is 2.38. The SMILES string of the molecule is Clc1cc(N2CC3CCCNC3C2)c(Cl)nn1. The lowest BCUT2D eigenvalue weighted by molar-refractivity contribution is 0.340. The van der Waals surface area contributed by atoms with Crippen LogP contribution in [0.2, 0.25) is 10.3 Å². The summed E-state index contributed by atoms with van der Waals surface area (Å²) in [5.41, 5.74) is 0.905. The molecule has 0 radical (unpaired) electrons. The summed E-state index contributed by atoms with van der Waals surface area (Å²) in [5, 5.41) is 12.0.